The number of piperazine rings is 1. The molecule has 2 aromatic rings. The molecule has 172 valence electrons. The van der Waals surface area contributed by atoms with Crippen LogP contribution < -0.4 is 21.8 Å². The summed E-state index contributed by atoms with van der Waals surface area (Å²) in [5.41, 5.74) is 9.12. The van der Waals surface area contributed by atoms with Gasteiger partial charge in [0.25, 0.3) is 0 Å². The number of allylic oxidation sites excluding steroid dienone is 2. The summed E-state index contributed by atoms with van der Waals surface area (Å²) in [5, 5.41) is 9.83. The Kier molecular flexibility index (Phi) is 9.39. The molecule has 1 aliphatic carbocycles. The molecule has 8 heteroatoms. The highest BCUT2D eigenvalue weighted by Crippen LogP contribution is 2.23. The third kappa shape index (κ3) is 5.53. The molecule has 0 atom stereocenters. The van der Waals surface area contributed by atoms with Gasteiger partial charge in [0.2, 0.25) is 11.6 Å². The lowest BCUT2D eigenvalue weighted by Crippen LogP contribution is -2.44. The van der Waals surface area contributed by atoms with E-state index in [-0.39, 0.29) is 23.0 Å². The van der Waals surface area contributed by atoms with Crippen molar-refractivity contribution in [2.75, 3.05) is 38.1 Å². The van der Waals surface area contributed by atoms with Crippen molar-refractivity contribution in [2.24, 2.45) is 5.73 Å². The molecule has 7 N–H and O–H groups in total. The van der Waals surface area contributed by atoms with E-state index >= 15 is 0 Å². The second kappa shape index (κ2) is 12.0. The first-order valence-electron chi connectivity index (χ1n) is 10.8. The first-order chi connectivity index (χ1) is 15.5. The van der Waals surface area contributed by atoms with Gasteiger partial charge >= 0.3 is 0 Å². The summed E-state index contributed by atoms with van der Waals surface area (Å²) in [6.45, 7) is 8.60. The molecule has 1 saturated heterocycles. The molecule has 2 aliphatic rings. The minimum atomic E-state index is -0.303. The fourth-order valence-electron chi connectivity index (χ4n) is 3.65. The lowest BCUT2D eigenvalue weighted by atomic mass is 9.90. The molecule has 8 nitrogen and oxygen atoms in total. The molecular formula is C24H34N5O3+. The zero-order valence-corrected chi connectivity index (χ0v) is 19.1. The number of rotatable bonds is 4. The van der Waals surface area contributed by atoms with Crippen LogP contribution in [0.25, 0.3) is 0 Å². The predicted molar refractivity (Wildman–Crippen MR) is 125 cm³/mol. The van der Waals surface area contributed by atoms with Crippen LogP contribution in [0.4, 0.5) is 5.69 Å². The van der Waals surface area contributed by atoms with Crippen LogP contribution in [0.5, 0.6) is 0 Å². The Labute approximate surface area is 189 Å². The van der Waals surface area contributed by atoms with Crippen LogP contribution in [-0.4, -0.2) is 54.9 Å². The van der Waals surface area contributed by atoms with Crippen molar-refractivity contribution in [3.05, 3.63) is 76.6 Å². The van der Waals surface area contributed by atoms with Gasteiger partial charge in [0.1, 0.15) is 11.4 Å². The standard InChI is InChI=1S/C22H24N4O2.C2H6.H4NO/c1-25-10-12-26(13-11-25)16-8-6-15(7-9-16)14-24-20-19(23)21(27)17-4-2-3-5-18(17)22(20)28;2*1-2/h2-9,24H,10-14,23H2,1H3;1-2H3;2H,1H3/q;;+1. The Morgan fingerprint density at radius 2 is 1.44 bits per heavy atom. The summed E-state index contributed by atoms with van der Waals surface area (Å²) < 4.78 is 0. The minimum absolute atomic E-state index is 0.0160. The number of quaternary nitrogens is 1. The third-order valence-electron chi connectivity index (χ3n) is 5.43. The second-order valence-corrected chi connectivity index (χ2v) is 7.30. The van der Waals surface area contributed by atoms with E-state index in [4.69, 9.17) is 10.9 Å². The number of ketones is 2. The van der Waals surface area contributed by atoms with Gasteiger partial charge in [0, 0.05) is 49.5 Å². The molecule has 1 fully saturated rings. The number of fused-ring (bicyclic) bond motifs is 1. The van der Waals surface area contributed by atoms with E-state index in [9.17, 15) is 9.59 Å². The maximum Gasteiger partial charge on any atom is 0.211 e. The lowest BCUT2D eigenvalue weighted by Gasteiger charge is -2.34. The predicted octanol–water partition coefficient (Wildman–Crippen LogP) is 1.42. The van der Waals surface area contributed by atoms with E-state index in [0.29, 0.717) is 17.7 Å². The maximum atomic E-state index is 12.7. The van der Waals surface area contributed by atoms with Crippen molar-refractivity contribution >= 4 is 17.3 Å². The van der Waals surface area contributed by atoms with Crippen LogP contribution in [0.1, 0.15) is 40.1 Å². The van der Waals surface area contributed by atoms with Crippen molar-refractivity contribution in [1.82, 2.24) is 10.2 Å². The van der Waals surface area contributed by atoms with E-state index in [1.54, 1.807) is 24.3 Å². The molecule has 0 radical (unpaired) electrons. The molecule has 0 bridgehead atoms. The van der Waals surface area contributed by atoms with Crippen LogP contribution in [0, 0.1) is 0 Å². The SMILES string of the molecule is CC.CN1CCN(c2ccc(CNC3=C(N)C(=O)c4ccccc4C3=O)cc2)CC1.[NH3+]O. The average Bonchev–Trinajstić information content (AvgIpc) is 2.86. The van der Waals surface area contributed by atoms with Crippen LogP contribution in [0.2, 0.25) is 0 Å². The molecule has 0 saturated carbocycles. The van der Waals surface area contributed by atoms with Crippen LogP contribution >= 0.6 is 0 Å². The van der Waals surface area contributed by atoms with E-state index < -0.39 is 0 Å². The first kappa shape index (κ1) is 25.1. The third-order valence-corrected chi connectivity index (χ3v) is 5.43. The first-order valence-corrected chi connectivity index (χ1v) is 10.8. The molecule has 4 rings (SSSR count). The average molecular weight is 441 g/mol. The van der Waals surface area contributed by atoms with Gasteiger partial charge in [-0.1, -0.05) is 50.2 Å². The number of nitrogens with zero attached hydrogens (tertiary/aromatic N) is 2. The topological polar surface area (TPSA) is 127 Å². The smallest absolute Gasteiger partial charge is 0.211 e. The van der Waals surface area contributed by atoms with Gasteiger partial charge in [-0.15, -0.1) is 0 Å². The number of benzene rings is 2. The minimum Gasteiger partial charge on any atom is -0.394 e. The van der Waals surface area contributed by atoms with Gasteiger partial charge in [0.15, 0.2) is 0 Å². The number of Topliss-reactive ketones (excluding diaryl/α,β-unsaturated/α-hetero) is 2. The number of anilines is 1. The number of carbonyl (C=O) groups is 2. The van der Waals surface area contributed by atoms with E-state index in [2.05, 4.69) is 40.2 Å². The van der Waals surface area contributed by atoms with Gasteiger partial charge in [0.05, 0.1) is 0 Å². The molecular weight excluding hydrogens is 406 g/mol. The Bertz CT molecular complexity index is 948. The highest BCUT2D eigenvalue weighted by Gasteiger charge is 2.30. The quantitative estimate of drug-likeness (QED) is 0.530. The zero-order chi connectivity index (χ0) is 23.7. The molecule has 0 aromatic heterocycles. The molecule has 2 aromatic carbocycles. The van der Waals surface area contributed by atoms with E-state index in [1.807, 2.05) is 26.0 Å². The van der Waals surface area contributed by atoms with Crippen LogP contribution in [0.15, 0.2) is 59.9 Å². The highest BCUT2D eigenvalue weighted by atomic mass is 16.4. The summed E-state index contributed by atoms with van der Waals surface area (Å²) in [5.74, 6) is 1.71. The van der Waals surface area contributed by atoms with E-state index in [1.165, 1.54) is 5.69 Å². The van der Waals surface area contributed by atoms with Gasteiger partial charge in [-0.25, -0.2) is 11.1 Å². The molecule has 0 unspecified atom stereocenters. The summed E-state index contributed by atoms with van der Waals surface area (Å²) in [7, 11) is 2.14. The second-order valence-electron chi connectivity index (χ2n) is 7.30. The number of hydrogen-bond donors (Lipinski definition) is 4. The monoisotopic (exact) mass is 440 g/mol. The van der Waals surface area contributed by atoms with Crippen molar-refractivity contribution in [1.29, 1.82) is 0 Å². The van der Waals surface area contributed by atoms with Crippen molar-refractivity contribution in [2.45, 2.75) is 20.4 Å². The van der Waals surface area contributed by atoms with Crippen molar-refractivity contribution in [3.63, 3.8) is 0 Å². The normalized spacial score (nSPS) is 15.8. The number of nitrogens with one attached hydrogen (secondary N) is 1. The molecule has 32 heavy (non-hydrogen) atoms. The van der Waals surface area contributed by atoms with Gasteiger partial charge in [-0.2, -0.15) is 0 Å². The van der Waals surface area contributed by atoms with E-state index in [0.717, 1.165) is 31.7 Å². The van der Waals surface area contributed by atoms with Crippen molar-refractivity contribution < 1.29 is 20.7 Å². The Morgan fingerprint density at radius 1 is 0.906 bits per heavy atom. The molecule has 0 amide bonds. The molecule has 0 spiro atoms. The van der Waals surface area contributed by atoms with Crippen LogP contribution in [-0.2, 0) is 6.54 Å². The largest absolute Gasteiger partial charge is 0.394 e. The number of hydrogen-bond acceptors (Lipinski definition) is 7. The molecule has 1 heterocycles. The maximum absolute atomic E-state index is 12.7. The fourth-order valence-corrected chi connectivity index (χ4v) is 3.65. The zero-order valence-electron chi connectivity index (χ0n) is 19.1. The summed E-state index contributed by atoms with van der Waals surface area (Å²) >= 11 is 0. The lowest BCUT2D eigenvalue weighted by molar-refractivity contribution is -0.670. The van der Waals surface area contributed by atoms with Crippen molar-refractivity contribution in [3.8, 4) is 0 Å². The number of likely N-dealkylation sites (N-methyl/N-ethyl adjacent to an activating group) is 1. The summed E-state index contributed by atoms with van der Waals surface area (Å²) in [6.07, 6.45) is 0. The molecule has 1 aliphatic heterocycles. The Balaban J connectivity index is 0.000000860. The highest BCUT2D eigenvalue weighted by molar-refractivity contribution is 6.26. The van der Waals surface area contributed by atoms with Gasteiger partial charge < -0.3 is 20.9 Å². The number of carbonyl (C=O) groups excluding carboxylic acids is 2. The van der Waals surface area contributed by atoms with Crippen LogP contribution in [0.3, 0.4) is 0 Å². The fraction of sp³-hybridized carbons (Fsp3) is 0.333. The summed E-state index contributed by atoms with van der Waals surface area (Å²) in [6, 6.07) is 15.1. The summed E-state index contributed by atoms with van der Waals surface area (Å²) in [4.78, 5) is 29.9. The van der Waals surface area contributed by atoms with Gasteiger partial charge in [-0.05, 0) is 24.7 Å². The Morgan fingerprint density at radius 3 is 2.00 bits per heavy atom. The van der Waals surface area contributed by atoms with Gasteiger partial charge in [-0.3, -0.25) is 9.59 Å². The number of nitrogens with two attached hydrogens (primary N) is 1. The Hall–Kier alpha value is -3.20.